The average Bonchev–Trinajstić information content (AvgIpc) is 3.86. The number of rotatable bonds is 10. The molecular formula is C51H65N7O8. The Labute approximate surface area is 387 Å². The van der Waals surface area contributed by atoms with Crippen molar-refractivity contribution in [3.63, 3.8) is 0 Å². The number of hydrogen-bond donors (Lipinski definition) is 3. The Morgan fingerprint density at radius 1 is 1.11 bits per heavy atom. The largest absolute Gasteiger partial charge is 0.464 e. The summed E-state index contributed by atoms with van der Waals surface area (Å²) >= 11 is 0. The maximum absolute atomic E-state index is 14.7. The van der Waals surface area contributed by atoms with Gasteiger partial charge in [0, 0.05) is 80.9 Å². The lowest BCUT2D eigenvalue weighted by Crippen LogP contribution is -2.63. The minimum atomic E-state index is -1.90. The number of cyclic esters (lactones) is 1. The van der Waals surface area contributed by atoms with Crippen LogP contribution in [0.4, 0.5) is 0 Å². The standard InChI is InChI=1S/C51H65N7O8/c1-10-43(59)56-23-20-51(64,29-56)49(63)55(8)44(31(3)4)46(60)53-41-25-33-14-12-15-34(24-33)35-17-18-42-37(26-35)38(45(57(42)11-2)39-28-52-21-19-36(39)32(5)65-9)27-50(6,7)30-66-48(62)40-16-13-22-58(54-40)47(41)61/h10,12,14-15,17-19,21,24,26,28,31-32,40-41,44,54,64H,1,11,13,16,20,22-23,25,27,29-30H2,2-9H3,(H,53,60)/t32-,40-,41-,44-,51?/m0/s1. The van der Waals surface area contributed by atoms with Crippen LogP contribution in [0.15, 0.2) is 73.6 Å². The van der Waals surface area contributed by atoms with Crippen molar-refractivity contribution < 1.29 is 38.6 Å². The van der Waals surface area contributed by atoms with E-state index in [1.807, 2.05) is 43.5 Å². The predicted octanol–water partition coefficient (Wildman–Crippen LogP) is 5.38. The third-order valence-electron chi connectivity index (χ3n) is 13.5. The number of aromatic nitrogens is 2. The Balaban J connectivity index is 1.29. The van der Waals surface area contributed by atoms with E-state index in [0.717, 1.165) is 56.1 Å². The zero-order valence-corrected chi connectivity index (χ0v) is 39.6. The fourth-order valence-corrected chi connectivity index (χ4v) is 9.94. The SMILES string of the molecule is C=CC(=O)N1CCC(O)(C(=O)N(C)[C@H](C(=O)N[C@H]2Cc3cccc(c3)-c3ccc4c(c3)c(c(-c3cnccc3[C@H](C)OC)n4CC)CC(C)(C)COC(=O)[C@@H]3CCCN(N3)C2=O)C(C)C)C1. The number of benzene rings is 2. The van der Waals surface area contributed by atoms with Crippen molar-refractivity contribution in [1.29, 1.82) is 0 Å². The molecule has 0 saturated carbocycles. The molecule has 1 unspecified atom stereocenters. The lowest BCUT2D eigenvalue weighted by atomic mass is 9.84. The summed E-state index contributed by atoms with van der Waals surface area (Å²) in [5, 5.41) is 16.9. The van der Waals surface area contributed by atoms with E-state index in [4.69, 9.17) is 9.47 Å². The second-order valence-corrected chi connectivity index (χ2v) is 19.2. The highest BCUT2D eigenvalue weighted by Crippen LogP contribution is 2.42. The van der Waals surface area contributed by atoms with Crippen LogP contribution in [0.5, 0.6) is 0 Å². The Morgan fingerprint density at radius 3 is 2.58 bits per heavy atom. The molecule has 15 nitrogen and oxygen atoms in total. The van der Waals surface area contributed by atoms with Gasteiger partial charge in [0.05, 0.1) is 24.9 Å². The van der Waals surface area contributed by atoms with Gasteiger partial charge < -0.3 is 34.3 Å². The van der Waals surface area contributed by atoms with Crippen LogP contribution in [0.1, 0.15) is 83.6 Å². The molecule has 2 fully saturated rings. The zero-order chi connectivity index (χ0) is 47.7. The molecule has 66 heavy (non-hydrogen) atoms. The molecule has 4 aromatic rings. The summed E-state index contributed by atoms with van der Waals surface area (Å²) in [6.07, 6.45) is 6.26. The number of esters is 1. The highest BCUT2D eigenvalue weighted by Gasteiger charge is 2.48. The molecule has 2 saturated heterocycles. The molecule has 5 heterocycles. The van der Waals surface area contributed by atoms with Crippen molar-refractivity contribution in [2.75, 3.05) is 40.4 Å². The number of carbonyl (C=O) groups is 5. The molecule has 4 amide bonds. The summed E-state index contributed by atoms with van der Waals surface area (Å²) in [5.41, 5.74) is 8.54. The number of hydrazine groups is 1. The molecule has 352 valence electrons. The van der Waals surface area contributed by atoms with E-state index in [1.165, 1.54) is 21.9 Å². The highest BCUT2D eigenvalue weighted by atomic mass is 16.5. The van der Waals surface area contributed by atoms with Crippen LogP contribution in [0.3, 0.4) is 0 Å². The van der Waals surface area contributed by atoms with E-state index in [-0.39, 0.29) is 45.2 Å². The summed E-state index contributed by atoms with van der Waals surface area (Å²) in [6, 6.07) is 13.4. The summed E-state index contributed by atoms with van der Waals surface area (Å²) in [6.45, 7) is 16.4. The minimum Gasteiger partial charge on any atom is -0.464 e. The fraction of sp³-hybridized carbons (Fsp3) is 0.490. The molecule has 5 atom stereocenters. The van der Waals surface area contributed by atoms with Crippen LogP contribution in [-0.2, 0) is 52.8 Å². The van der Waals surface area contributed by atoms with Gasteiger partial charge in [-0.05, 0) is 91.1 Å². The number of hydrogen-bond acceptors (Lipinski definition) is 10. The summed E-state index contributed by atoms with van der Waals surface area (Å²) in [5.74, 6) is -3.04. The van der Waals surface area contributed by atoms with E-state index in [1.54, 1.807) is 27.2 Å². The molecular weight excluding hydrogens is 839 g/mol. The number of aliphatic hydroxyl groups is 1. The van der Waals surface area contributed by atoms with Crippen molar-refractivity contribution in [2.24, 2.45) is 11.3 Å². The quantitative estimate of drug-likeness (QED) is 0.139. The smallest absolute Gasteiger partial charge is 0.324 e. The normalized spacial score (nSPS) is 22.1. The molecule has 0 spiro atoms. The first-order valence-corrected chi connectivity index (χ1v) is 23.1. The van der Waals surface area contributed by atoms with Crippen LogP contribution < -0.4 is 10.7 Å². The number of amides is 4. The number of likely N-dealkylation sites (N-methyl/N-ethyl adjacent to an activating group) is 1. The van der Waals surface area contributed by atoms with E-state index < -0.39 is 64.7 Å². The molecule has 2 aromatic carbocycles. The molecule has 3 aliphatic rings. The Hall–Kier alpha value is -5.90. The van der Waals surface area contributed by atoms with Gasteiger partial charge in [0.25, 0.3) is 11.8 Å². The highest BCUT2D eigenvalue weighted by molar-refractivity contribution is 5.97. The topological polar surface area (TPSA) is 176 Å². The molecule has 0 radical (unpaired) electrons. The van der Waals surface area contributed by atoms with Gasteiger partial charge in [-0.15, -0.1) is 0 Å². The first kappa shape index (κ1) is 48.0. The number of methoxy groups -OCH3 is 1. The zero-order valence-electron chi connectivity index (χ0n) is 39.6. The minimum absolute atomic E-state index is 0.000308. The number of pyridine rings is 1. The fourth-order valence-electron chi connectivity index (χ4n) is 9.94. The third kappa shape index (κ3) is 9.65. The predicted molar refractivity (Wildman–Crippen MR) is 251 cm³/mol. The number of fused-ring (bicyclic) bond motifs is 6. The Kier molecular flexibility index (Phi) is 14.2. The van der Waals surface area contributed by atoms with Crippen LogP contribution in [0.25, 0.3) is 33.3 Å². The number of ether oxygens (including phenoxy) is 2. The van der Waals surface area contributed by atoms with E-state index in [0.29, 0.717) is 25.8 Å². The second kappa shape index (κ2) is 19.5. The Morgan fingerprint density at radius 2 is 1.86 bits per heavy atom. The number of aryl methyl sites for hydroxylation is 1. The summed E-state index contributed by atoms with van der Waals surface area (Å²) in [7, 11) is 3.16. The number of nitrogens with zero attached hydrogens (tertiary/aromatic N) is 5. The van der Waals surface area contributed by atoms with Gasteiger partial charge in [-0.3, -0.25) is 34.0 Å². The van der Waals surface area contributed by atoms with Gasteiger partial charge >= 0.3 is 5.97 Å². The number of carbonyl (C=O) groups excluding carboxylic acids is 5. The summed E-state index contributed by atoms with van der Waals surface area (Å²) < 4.78 is 14.3. The van der Waals surface area contributed by atoms with Crippen molar-refractivity contribution in [3.8, 4) is 22.4 Å². The van der Waals surface area contributed by atoms with E-state index in [9.17, 15) is 29.1 Å². The maximum Gasteiger partial charge on any atom is 0.324 e. The van der Waals surface area contributed by atoms with Gasteiger partial charge in [-0.2, -0.15) is 0 Å². The average molecular weight is 904 g/mol. The molecule has 15 heteroatoms. The van der Waals surface area contributed by atoms with Crippen LogP contribution >= 0.6 is 0 Å². The van der Waals surface area contributed by atoms with Crippen molar-refractivity contribution >= 4 is 40.5 Å². The van der Waals surface area contributed by atoms with Gasteiger partial charge in [0.2, 0.25) is 11.8 Å². The Bertz CT molecular complexity index is 2520. The number of nitrogens with one attached hydrogen (secondary N) is 2. The van der Waals surface area contributed by atoms with Gasteiger partial charge in [-0.1, -0.05) is 64.6 Å². The lowest BCUT2D eigenvalue weighted by molar-refractivity contribution is -0.156. The monoisotopic (exact) mass is 903 g/mol. The van der Waals surface area contributed by atoms with Gasteiger partial charge in [0.15, 0.2) is 5.60 Å². The molecule has 0 aliphatic carbocycles. The summed E-state index contributed by atoms with van der Waals surface area (Å²) in [4.78, 5) is 76.6. The maximum atomic E-state index is 14.7. The van der Waals surface area contributed by atoms with Crippen LogP contribution in [0, 0.1) is 11.3 Å². The van der Waals surface area contributed by atoms with Crippen molar-refractivity contribution in [2.45, 2.75) is 110 Å². The van der Waals surface area contributed by atoms with Gasteiger partial charge in [-0.25, -0.2) is 5.43 Å². The first-order valence-electron chi connectivity index (χ1n) is 23.1. The third-order valence-corrected chi connectivity index (χ3v) is 13.5. The molecule has 3 N–H and O–H groups in total. The lowest BCUT2D eigenvalue weighted by Gasteiger charge is -2.37. The van der Waals surface area contributed by atoms with Gasteiger partial charge in [0.1, 0.15) is 18.1 Å². The first-order chi connectivity index (χ1) is 31.4. The number of likely N-dealkylation sites (tertiary alicyclic amines) is 1. The van der Waals surface area contributed by atoms with Crippen molar-refractivity contribution in [1.82, 2.24) is 35.1 Å². The molecule has 7 rings (SSSR count). The molecule has 6 bridgehead atoms. The van der Waals surface area contributed by atoms with Crippen molar-refractivity contribution in [3.05, 3.63) is 90.3 Å². The van der Waals surface area contributed by atoms with Crippen LogP contribution in [0.2, 0.25) is 0 Å². The number of β-amino-alcohol motifs (C(OH)–C–C–N with tert-alkyl or cyclic N) is 1. The van der Waals surface area contributed by atoms with E-state index in [2.05, 4.69) is 65.8 Å². The van der Waals surface area contributed by atoms with E-state index >= 15 is 0 Å². The van der Waals surface area contributed by atoms with Crippen LogP contribution in [-0.4, -0.2) is 123 Å². The molecule has 2 aromatic heterocycles. The molecule has 3 aliphatic heterocycles. The second-order valence-electron chi connectivity index (χ2n) is 19.2.